The van der Waals surface area contributed by atoms with Gasteiger partial charge in [0.15, 0.2) is 6.29 Å². The Labute approximate surface area is 112 Å². The molecule has 0 saturated heterocycles. The summed E-state index contributed by atoms with van der Waals surface area (Å²) in [5.74, 6) is 1.81. The number of hydrazone groups is 1. The van der Waals surface area contributed by atoms with Crippen molar-refractivity contribution in [1.29, 1.82) is 5.41 Å². The zero-order valence-corrected chi connectivity index (χ0v) is 12.1. The number of carbonyl (C=O) groups is 1. The molecule has 1 aromatic carbocycles. The molecular formula is C12H20BrN3O. The van der Waals surface area contributed by atoms with Gasteiger partial charge in [0.05, 0.1) is 5.69 Å². The number of para-hydroxylation sites is 1. The van der Waals surface area contributed by atoms with E-state index in [-0.39, 0.29) is 0 Å². The molecular weight excluding hydrogens is 282 g/mol. The van der Waals surface area contributed by atoms with Gasteiger partial charge in [-0.15, -0.1) is 0 Å². The van der Waals surface area contributed by atoms with Gasteiger partial charge in [-0.25, -0.2) is 0 Å². The minimum atomic E-state index is 0.583. The van der Waals surface area contributed by atoms with Crippen LogP contribution in [0.4, 0.5) is 5.69 Å². The van der Waals surface area contributed by atoms with Gasteiger partial charge in [0.25, 0.3) is 0 Å². The molecule has 5 heteroatoms. The van der Waals surface area contributed by atoms with E-state index >= 15 is 0 Å². The second-order valence-electron chi connectivity index (χ2n) is 1.98. The van der Waals surface area contributed by atoms with Gasteiger partial charge in [-0.3, -0.25) is 10.2 Å². The van der Waals surface area contributed by atoms with Crippen LogP contribution >= 0.6 is 15.9 Å². The van der Waals surface area contributed by atoms with Crippen molar-refractivity contribution in [3.05, 3.63) is 29.8 Å². The Morgan fingerprint density at radius 1 is 1.29 bits per heavy atom. The van der Waals surface area contributed by atoms with Crippen LogP contribution < -0.4 is 5.43 Å². The lowest BCUT2D eigenvalue weighted by Crippen LogP contribution is -1.91. The standard InChI is InChI=1S/C8H8N2O.C2H6.CH3Br.CH3N/c1-9-10-8-5-3-2-4-7(8)6-11;3*1-2/h2-6,10H,1H2;1-2H3;1H3;2H,1H2. The average Bonchev–Trinajstić information content (AvgIpc) is 2.46. The summed E-state index contributed by atoms with van der Waals surface area (Å²) >= 11 is 2.94. The zero-order valence-electron chi connectivity index (χ0n) is 10.5. The third-order valence-corrected chi connectivity index (χ3v) is 1.29. The van der Waals surface area contributed by atoms with Gasteiger partial charge in [-0.1, -0.05) is 41.9 Å². The van der Waals surface area contributed by atoms with E-state index in [4.69, 9.17) is 5.41 Å². The molecule has 0 saturated carbocycles. The van der Waals surface area contributed by atoms with Crippen molar-refractivity contribution < 1.29 is 4.79 Å². The molecule has 0 bridgehead atoms. The van der Waals surface area contributed by atoms with Crippen LogP contribution in [0.5, 0.6) is 0 Å². The number of halogens is 1. The smallest absolute Gasteiger partial charge is 0.152 e. The summed E-state index contributed by atoms with van der Waals surface area (Å²) in [4.78, 5) is 10.4. The number of anilines is 1. The number of benzene rings is 1. The van der Waals surface area contributed by atoms with Crippen molar-refractivity contribution in [2.24, 2.45) is 5.10 Å². The first kappa shape index (κ1) is 20.9. The normalized spacial score (nSPS) is 6.59. The number of hydrogen-bond acceptors (Lipinski definition) is 4. The van der Waals surface area contributed by atoms with E-state index in [0.717, 1.165) is 6.29 Å². The molecule has 1 aromatic rings. The molecule has 0 atom stereocenters. The minimum Gasteiger partial charge on any atom is -0.317 e. The number of carbonyl (C=O) groups excluding carboxylic acids is 1. The Bertz CT molecular complexity index is 293. The summed E-state index contributed by atoms with van der Waals surface area (Å²) in [7, 11) is 0. The van der Waals surface area contributed by atoms with Crippen LogP contribution in [0.15, 0.2) is 29.4 Å². The van der Waals surface area contributed by atoms with E-state index in [1.165, 1.54) is 0 Å². The van der Waals surface area contributed by atoms with Crippen molar-refractivity contribution >= 4 is 41.3 Å². The first-order valence-corrected chi connectivity index (χ1v) is 6.46. The number of hydrogen-bond donors (Lipinski definition) is 2. The van der Waals surface area contributed by atoms with E-state index in [2.05, 4.69) is 39.9 Å². The number of nitrogens with zero attached hydrogens (tertiary/aromatic N) is 1. The van der Waals surface area contributed by atoms with Crippen LogP contribution in [-0.2, 0) is 0 Å². The van der Waals surface area contributed by atoms with E-state index in [0.29, 0.717) is 11.3 Å². The van der Waals surface area contributed by atoms with E-state index in [1.807, 2.05) is 25.7 Å². The van der Waals surface area contributed by atoms with Gasteiger partial charge in [0.1, 0.15) is 0 Å². The van der Waals surface area contributed by atoms with Crippen LogP contribution in [0.3, 0.4) is 0 Å². The van der Waals surface area contributed by atoms with Crippen LogP contribution in [0, 0.1) is 5.41 Å². The fraction of sp³-hybridized carbons (Fsp3) is 0.250. The fourth-order valence-corrected chi connectivity index (χ4v) is 0.787. The summed E-state index contributed by atoms with van der Waals surface area (Å²) in [5.41, 5.74) is 3.87. The average molecular weight is 302 g/mol. The van der Waals surface area contributed by atoms with Gasteiger partial charge in [0.2, 0.25) is 0 Å². The van der Waals surface area contributed by atoms with Crippen molar-refractivity contribution in [2.45, 2.75) is 13.8 Å². The van der Waals surface area contributed by atoms with Crippen LogP contribution in [0.1, 0.15) is 24.2 Å². The zero-order chi connectivity index (χ0) is 14.1. The molecule has 0 aliphatic heterocycles. The van der Waals surface area contributed by atoms with E-state index < -0.39 is 0 Å². The quantitative estimate of drug-likeness (QED) is 0.386. The predicted molar refractivity (Wildman–Crippen MR) is 81.0 cm³/mol. The van der Waals surface area contributed by atoms with Gasteiger partial charge in [-0.2, -0.15) is 5.10 Å². The highest BCUT2D eigenvalue weighted by atomic mass is 79.9. The molecule has 0 amide bonds. The lowest BCUT2D eigenvalue weighted by molar-refractivity contribution is 0.112. The van der Waals surface area contributed by atoms with Gasteiger partial charge < -0.3 is 5.41 Å². The summed E-state index contributed by atoms with van der Waals surface area (Å²) in [6.07, 6.45) is 0.771. The largest absolute Gasteiger partial charge is 0.317 e. The second kappa shape index (κ2) is 20.0. The SMILES string of the molecule is C=N.C=NNc1ccccc1C=O.CBr.CC. The molecule has 96 valence electrons. The lowest BCUT2D eigenvalue weighted by atomic mass is 10.2. The maximum atomic E-state index is 10.4. The number of aldehydes is 1. The summed E-state index contributed by atoms with van der Waals surface area (Å²) in [5, 5.41) is 8.96. The maximum absolute atomic E-state index is 10.4. The van der Waals surface area contributed by atoms with Crippen molar-refractivity contribution in [3.63, 3.8) is 0 Å². The highest BCUT2D eigenvalue weighted by molar-refractivity contribution is 9.08. The third-order valence-electron chi connectivity index (χ3n) is 1.29. The Kier molecular flexibility index (Phi) is 24.5. The van der Waals surface area contributed by atoms with Crippen molar-refractivity contribution in [3.8, 4) is 0 Å². The Balaban J connectivity index is -0.000000285. The van der Waals surface area contributed by atoms with E-state index in [1.54, 1.807) is 18.2 Å². The first-order chi connectivity index (χ1) is 8.38. The fourth-order valence-electron chi connectivity index (χ4n) is 0.787. The highest BCUT2D eigenvalue weighted by Crippen LogP contribution is 2.11. The van der Waals surface area contributed by atoms with Gasteiger partial charge in [-0.05, 0) is 24.7 Å². The molecule has 0 radical (unpaired) electrons. The number of alkyl halides is 1. The van der Waals surface area contributed by atoms with Crippen LogP contribution in [0.25, 0.3) is 0 Å². The molecule has 0 unspecified atom stereocenters. The lowest BCUT2D eigenvalue weighted by Gasteiger charge is -2.00. The number of nitrogens with one attached hydrogen (secondary N) is 2. The molecule has 17 heavy (non-hydrogen) atoms. The summed E-state index contributed by atoms with van der Waals surface area (Å²) in [6.45, 7) is 9.75. The molecule has 0 fully saturated rings. The molecule has 0 aromatic heterocycles. The second-order valence-corrected chi connectivity index (χ2v) is 1.98. The minimum absolute atomic E-state index is 0.583. The van der Waals surface area contributed by atoms with Crippen molar-refractivity contribution in [2.75, 3.05) is 11.3 Å². The molecule has 1 rings (SSSR count). The third kappa shape index (κ3) is 10.8. The Morgan fingerprint density at radius 3 is 2.18 bits per heavy atom. The monoisotopic (exact) mass is 301 g/mol. The van der Waals surface area contributed by atoms with Gasteiger partial charge >= 0.3 is 0 Å². The predicted octanol–water partition coefficient (Wildman–Crippen LogP) is 3.83. The first-order valence-electron chi connectivity index (χ1n) is 4.87. The Morgan fingerprint density at radius 2 is 1.76 bits per heavy atom. The number of rotatable bonds is 3. The topological polar surface area (TPSA) is 65.3 Å². The molecule has 0 heterocycles. The Hall–Kier alpha value is -1.49. The van der Waals surface area contributed by atoms with Crippen LogP contribution in [-0.4, -0.2) is 25.6 Å². The van der Waals surface area contributed by atoms with Crippen molar-refractivity contribution in [1.82, 2.24) is 0 Å². The molecule has 0 aliphatic rings. The van der Waals surface area contributed by atoms with E-state index in [9.17, 15) is 4.79 Å². The molecule has 0 spiro atoms. The van der Waals surface area contributed by atoms with Crippen LogP contribution in [0.2, 0.25) is 0 Å². The maximum Gasteiger partial charge on any atom is 0.152 e. The summed E-state index contributed by atoms with van der Waals surface area (Å²) in [6, 6.07) is 7.08. The molecule has 0 aliphatic carbocycles. The highest BCUT2D eigenvalue weighted by Gasteiger charge is 1.95. The molecule has 4 nitrogen and oxygen atoms in total. The summed E-state index contributed by atoms with van der Waals surface area (Å²) < 4.78 is 0. The van der Waals surface area contributed by atoms with Gasteiger partial charge in [0, 0.05) is 12.3 Å². The molecule has 2 N–H and O–H groups in total.